The summed E-state index contributed by atoms with van der Waals surface area (Å²) in [6.07, 6.45) is 3.58. The normalized spacial score (nSPS) is 10.5. The standard InChI is InChI=1S/C13H13ClN2O/c1-3-13-12(7-16(2)15-13)11-6-10(14)5-4-9(11)8-17/h4-8H,3H2,1-2H3. The van der Waals surface area contributed by atoms with Crippen LogP contribution in [0.1, 0.15) is 23.0 Å². The monoisotopic (exact) mass is 248 g/mol. The second-order valence-electron chi connectivity index (χ2n) is 3.87. The Morgan fingerprint density at radius 2 is 2.18 bits per heavy atom. The summed E-state index contributed by atoms with van der Waals surface area (Å²) in [5, 5.41) is 4.99. The quantitative estimate of drug-likeness (QED) is 0.783. The fraction of sp³-hybridized carbons (Fsp3) is 0.231. The van der Waals surface area contributed by atoms with Gasteiger partial charge in [0.05, 0.1) is 5.69 Å². The minimum Gasteiger partial charge on any atom is -0.298 e. The molecule has 0 aliphatic heterocycles. The van der Waals surface area contributed by atoms with Crippen LogP contribution in [0.4, 0.5) is 0 Å². The molecule has 0 fully saturated rings. The van der Waals surface area contributed by atoms with Gasteiger partial charge in [0, 0.05) is 29.4 Å². The van der Waals surface area contributed by atoms with Gasteiger partial charge in [-0.25, -0.2) is 0 Å². The molecule has 1 aromatic carbocycles. The second kappa shape index (κ2) is 4.72. The number of aromatic nitrogens is 2. The van der Waals surface area contributed by atoms with Crippen molar-refractivity contribution in [1.82, 2.24) is 9.78 Å². The van der Waals surface area contributed by atoms with Gasteiger partial charge in [-0.1, -0.05) is 18.5 Å². The Balaban J connectivity index is 2.65. The summed E-state index contributed by atoms with van der Waals surface area (Å²) in [5.41, 5.74) is 3.42. The largest absolute Gasteiger partial charge is 0.298 e. The number of aryl methyl sites for hydroxylation is 2. The number of benzene rings is 1. The smallest absolute Gasteiger partial charge is 0.150 e. The van der Waals surface area contributed by atoms with Gasteiger partial charge in [0.25, 0.3) is 0 Å². The molecule has 0 spiro atoms. The first-order valence-corrected chi connectivity index (χ1v) is 5.81. The van der Waals surface area contributed by atoms with Crippen molar-refractivity contribution in [2.24, 2.45) is 7.05 Å². The number of halogens is 1. The lowest BCUT2D eigenvalue weighted by atomic mass is 10.0. The van der Waals surface area contributed by atoms with Crippen molar-refractivity contribution in [2.75, 3.05) is 0 Å². The van der Waals surface area contributed by atoms with Crippen LogP contribution in [0.2, 0.25) is 5.02 Å². The van der Waals surface area contributed by atoms with E-state index in [1.807, 2.05) is 26.2 Å². The molecule has 0 bridgehead atoms. The van der Waals surface area contributed by atoms with Crippen LogP contribution in [0.15, 0.2) is 24.4 Å². The predicted octanol–water partition coefficient (Wildman–Crippen LogP) is 3.12. The summed E-state index contributed by atoms with van der Waals surface area (Å²) in [5.74, 6) is 0. The number of nitrogens with zero attached hydrogens (tertiary/aromatic N) is 2. The Labute approximate surface area is 105 Å². The maximum Gasteiger partial charge on any atom is 0.150 e. The van der Waals surface area contributed by atoms with Crippen LogP contribution in [0.5, 0.6) is 0 Å². The molecular weight excluding hydrogens is 236 g/mol. The van der Waals surface area contributed by atoms with E-state index in [1.165, 1.54) is 0 Å². The van der Waals surface area contributed by atoms with E-state index in [0.29, 0.717) is 10.6 Å². The van der Waals surface area contributed by atoms with Crippen molar-refractivity contribution in [1.29, 1.82) is 0 Å². The zero-order valence-electron chi connectivity index (χ0n) is 9.77. The SMILES string of the molecule is CCc1nn(C)cc1-c1cc(Cl)ccc1C=O. The van der Waals surface area contributed by atoms with E-state index < -0.39 is 0 Å². The lowest BCUT2D eigenvalue weighted by molar-refractivity contribution is 0.112. The van der Waals surface area contributed by atoms with Gasteiger partial charge < -0.3 is 0 Å². The summed E-state index contributed by atoms with van der Waals surface area (Å²) in [7, 11) is 1.87. The highest BCUT2D eigenvalue weighted by atomic mass is 35.5. The fourth-order valence-electron chi connectivity index (χ4n) is 1.89. The Hall–Kier alpha value is -1.61. The zero-order valence-corrected chi connectivity index (χ0v) is 10.5. The van der Waals surface area contributed by atoms with Gasteiger partial charge in [0.15, 0.2) is 6.29 Å². The summed E-state index contributed by atoms with van der Waals surface area (Å²) in [6, 6.07) is 5.26. The van der Waals surface area contributed by atoms with Crippen LogP contribution in [0.3, 0.4) is 0 Å². The Bertz CT molecular complexity index is 561. The lowest BCUT2D eigenvalue weighted by Gasteiger charge is -2.04. The Morgan fingerprint density at radius 1 is 1.41 bits per heavy atom. The molecular formula is C13H13ClN2O. The molecule has 17 heavy (non-hydrogen) atoms. The number of carbonyl (C=O) groups excluding carboxylic acids is 1. The molecule has 2 aromatic rings. The second-order valence-corrected chi connectivity index (χ2v) is 4.30. The van der Waals surface area contributed by atoms with Gasteiger partial charge in [-0.2, -0.15) is 5.10 Å². The third-order valence-corrected chi connectivity index (χ3v) is 2.91. The molecule has 0 N–H and O–H groups in total. The molecule has 88 valence electrons. The Morgan fingerprint density at radius 3 is 2.82 bits per heavy atom. The van der Waals surface area contributed by atoms with Crippen LogP contribution in [-0.4, -0.2) is 16.1 Å². The summed E-state index contributed by atoms with van der Waals surface area (Å²) < 4.78 is 1.75. The van der Waals surface area contributed by atoms with E-state index in [9.17, 15) is 4.79 Å². The van der Waals surface area contributed by atoms with E-state index in [-0.39, 0.29) is 0 Å². The first-order valence-electron chi connectivity index (χ1n) is 5.43. The average Bonchev–Trinajstić information content (AvgIpc) is 2.70. The van der Waals surface area contributed by atoms with E-state index in [1.54, 1.807) is 16.8 Å². The van der Waals surface area contributed by atoms with Crippen molar-refractivity contribution in [3.63, 3.8) is 0 Å². The van der Waals surface area contributed by atoms with Crippen LogP contribution in [0, 0.1) is 0 Å². The Kier molecular flexibility index (Phi) is 3.29. The predicted molar refractivity (Wildman–Crippen MR) is 68.4 cm³/mol. The van der Waals surface area contributed by atoms with E-state index in [2.05, 4.69) is 5.10 Å². The molecule has 0 saturated carbocycles. The number of hydrogen-bond donors (Lipinski definition) is 0. The third-order valence-electron chi connectivity index (χ3n) is 2.67. The number of aldehydes is 1. The fourth-order valence-corrected chi connectivity index (χ4v) is 2.06. The first-order chi connectivity index (χ1) is 8.15. The maximum absolute atomic E-state index is 11.0. The van der Waals surface area contributed by atoms with Crippen LogP contribution in [0.25, 0.3) is 11.1 Å². The van der Waals surface area contributed by atoms with Crippen molar-refractivity contribution >= 4 is 17.9 Å². The highest BCUT2D eigenvalue weighted by molar-refractivity contribution is 6.31. The molecule has 0 atom stereocenters. The number of carbonyl (C=O) groups is 1. The summed E-state index contributed by atoms with van der Waals surface area (Å²) in [6.45, 7) is 2.04. The summed E-state index contributed by atoms with van der Waals surface area (Å²) in [4.78, 5) is 11.0. The van der Waals surface area contributed by atoms with Crippen molar-refractivity contribution in [3.8, 4) is 11.1 Å². The molecule has 0 radical (unpaired) electrons. The molecule has 0 saturated heterocycles. The van der Waals surface area contributed by atoms with Gasteiger partial charge in [-0.3, -0.25) is 9.48 Å². The highest BCUT2D eigenvalue weighted by Gasteiger charge is 2.12. The van der Waals surface area contributed by atoms with E-state index >= 15 is 0 Å². The maximum atomic E-state index is 11.0. The van der Waals surface area contributed by atoms with Crippen molar-refractivity contribution in [2.45, 2.75) is 13.3 Å². The van der Waals surface area contributed by atoms with Gasteiger partial charge in [0.2, 0.25) is 0 Å². The lowest BCUT2D eigenvalue weighted by Crippen LogP contribution is -1.91. The van der Waals surface area contributed by atoms with Gasteiger partial charge in [0.1, 0.15) is 0 Å². The molecule has 1 heterocycles. The van der Waals surface area contributed by atoms with Crippen LogP contribution in [-0.2, 0) is 13.5 Å². The van der Waals surface area contributed by atoms with Crippen molar-refractivity contribution < 1.29 is 4.79 Å². The summed E-state index contributed by atoms with van der Waals surface area (Å²) >= 11 is 5.98. The molecule has 0 aliphatic carbocycles. The van der Waals surface area contributed by atoms with Crippen molar-refractivity contribution in [3.05, 3.63) is 40.7 Å². The highest BCUT2D eigenvalue weighted by Crippen LogP contribution is 2.28. The van der Waals surface area contributed by atoms with Gasteiger partial charge in [-0.05, 0) is 30.2 Å². The van der Waals surface area contributed by atoms with Gasteiger partial charge in [-0.15, -0.1) is 0 Å². The zero-order chi connectivity index (χ0) is 12.4. The average molecular weight is 249 g/mol. The molecule has 0 unspecified atom stereocenters. The molecule has 3 nitrogen and oxygen atoms in total. The number of hydrogen-bond acceptors (Lipinski definition) is 2. The minimum atomic E-state index is 0.622. The topological polar surface area (TPSA) is 34.9 Å². The number of rotatable bonds is 3. The minimum absolute atomic E-state index is 0.622. The molecule has 0 aliphatic rings. The molecule has 1 aromatic heterocycles. The molecule has 4 heteroatoms. The van der Waals surface area contributed by atoms with Gasteiger partial charge >= 0.3 is 0 Å². The molecule has 0 amide bonds. The third kappa shape index (κ3) is 2.24. The van der Waals surface area contributed by atoms with E-state index in [0.717, 1.165) is 29.5 Å². The first kappa shape index (κ1) is 11.9. The molecule has 2 rings (SSSR count). The van der Waals surface area contributed by atoms with Crippen LogP contribution >= 0.6 is 11.6 Å². The van der Waals surface area contributed by atoms with Crippen LogP contribution < -0.4 is 0 Å². The van der Waals surface area contributed by atoms with E-state index in [4.69, 9.17) is 11.6 Å².